The number of ether oxygens (including phenoxy) is 2. The van der Waals surface area contributed by atoms with E-state index in [1.54, 1.807) is 0 Å². The van der Waals surface area contributed by atoms with Crippen molar-refractivity contribution >= 4 is 30.1 Å². The molecule has 0 spiro atoms. The van der Waals surface area contributed by atoms with Gasteiger partial charge in [-0.2, -0.15) is 0 Å². The second kappa shape index (κ2) is 11.0. The number of rotatable bonds is 7. The van der Waals surface area contributed by atoms with Crippen LogP contribution in [0.3, 0.4) is 0 Å². The maximum Gasteiger partial charge on any atom is 0.351 e. The van der Waals surface area contributed by atoms with E-state index in [0.29, 0.717) is 5.56 Å². The molecule has 1 aliphatic rings. The van der Waals surface area contributed by atoms with Crippen LogP contribution >= 0.6 is 0 Å². The molecule has 0 heterocycles. The van der Waals surface area contributed by atoms with Gasteiger partial charge in [0.05, 0.1) is 6.10 Å². The molecule has 7 N–H and O–H groups in total. The molecule has 0 bridgehead atoms. The van der Waals surface area contributed by atoms with Gasteiger partial charge in [0.25, 0.3) is 0 Å². The van der Waals surface area contributed by atoms with Crippen molar-refractivity contribution in [1.82, 2.24) is 0 Å². The van der Waals surface area contributed by atoms with E-state index < -0.39 is 59.7 Å². The van der Waals surface area contributed by atoms with Crippen molar-refractivity contribution in [3.63, 3.8) is 0 Å². The summed E-state index contributed by atoms with van der Waals surface area (Å²) in [6.45, 7) is 0. The molecule has 4 unspecified atom stereocenters. The van der Waals surface area contributed by atoms with Crippen LogP contribution in [-0.4, -0.2) is 77.6 Å². The number of phenolic OH excluding ortho intramolecular Hbond substituents is 4. The largest absolute Gasteiger partial charge is 0.504 e. The molecule has 4 atom stereocenters. The molecule has 0 aromatic heterocycles. The first-order valence-electron chi connectivity index (χ1n) is 10.9. The number of aliphatic hydroxyl groups excluding tert-OH is 2. The molecular weight excluding hydrogens is 492 g/mol. The molecule has 1 aliphatic carbocycles. The molecule has 0 radical (unpaired) electrons. The molecule has 37 heavy (non-hydrogen) atoms. The average Bonchev–Trinajstić information content (AvgIpc) is 2.85. The number of aliphatic carboxylic acids is 1. The van der Waals surface area contributed by atoms with Gasteiger partial charge in [-0.1, -0.05) is 12.1 Å². The maximum absolute atomic E-state index is 12.4. The third-order valence-corrected chi connectivity index (χ3v) is 5.70. The normalized spacial score (nSPS) is 23.7. The van der Waals surface area contributed by atoms with Crippen LogP contribution in [0.2, 0.25) is 0 Å². The number of esters is 2. The summed E-state index contributed by atoms with van der Waals surface area (Å²) in [6, 6.07) is 7.39. The summed E-state index contributed by atoms with van der Waals surface area (Å²) in [7, 11) is 0. The van der Waals surface area contributed by atoms with Crippen molar-refractivity contribution < 1.29 is 59.6 Å². The number of carboxylic acids is 1. The van der Waals surface area contributed by atoms with Gasteiger partial charge in [0.15, 0.2) is 29.1 Å². The predicted octanol–water partition coefficient (Wildman–Crippen LogP) is 1.03. The Hall–Kier alpha value is -4.55. The van der Waals surface area contributed by atoms with Gasteiger partial charge >= 0.3 is 17.9 Å². The summed E-state index contributed by atoms with van der Waals surface area (Å²) < 4.78 is 10.2. The van der Waals surface area contributed by atoms with Crippen LogP contribution in [0.15, 0.2) is 48.6 Å². The number of aliphatic hydroxyl groups is 2. The minimum Gasteiger partial charge on any atom is -0.504 e. The van der Waals surface area contributed by atoms with Crippen LogP contribution in [0.4, 0.5) is 0 Å². The highest BCUT2D eigenvalue weighted by molar-refractivity contribution is 5.91. The third kappa shape index (κ3) is 6.18. The fourth-order valence-electron chi connectivity index (χ4n) is 3.69. The molecule has 2 aromatic rings. The number of benzene rings is 2. The number of hydrogen-bond donors (Lipinski definition) is 7. The zero-order chi connectivity index (χ0) is 27.3. The highest BCUT2D eigenvalue weighted by Crippen LogP contribution is 2.35. The third-order valence-electron chi connectivity index (χ3n) is 5.70. The van der Waals surface area contributed by atoms with Crippen LogP contribution in [0.25, 0.3) is 12.2 Å². The van der Waals surface area contributed by atoms with Crippen LogP contribution in [0, 0.1) is 0 Å². The maximum atomic E-state index is 12.4. The number of hydrogen-bond acceptors (Lipinski definition) is 11. The van der Waals surface area contributed by atoms with Gasteiger partial charge in [0.1, 0.15) is 6.10 Å². The molecule has 1 saturated carbocycles. The van der Waals surface area contributed by atoms with E-state index in [1.165, 1.54) is 36.4 Å². The second-order valence-electron chi connectivity index (χ2n) is 8.23. The van der Waals surface area contributed by atoms with E-state index in [4.69, 9.17) is 9.47 Å². The Labute approximate surface area is 209 Å². The topological polar surface area (TPSA) is 211 Å². The number of carbonyl (C=O) groups excluding carboxylic acids is 2. The van der Waals surface area contributed by atoms with Crippen molar-refractivity contribution in [3.8, 4) is 23.0 Å². The van der Waals surface area contributed by atoms with E-state index in [0.717, 1.165) is 24.3 Å². The quantitative estimate of drug-likeness (QED) is 0.156. The minimum absolute atomic E-state index is 0.275. The Morgan fingerprint density at radius 2 is 1.32 bits per heavy atom. The molecule has 0 amide bonds. The first-order valence-corrected chi connectivity index (χ1v) is 10.9. The van der Waals surface area contributed by atoms with Crippen molar-refractivity contribution in [2.75, 3.05) is 0 Å². The van der Waals surface area contributed by atoms with E-state index in [-0.39, 0.29) is 23.5 Å². The molecule has 0 saturated heterocycles. The summed E-state index contributed by atoms with van der Waals surface area (Å²) in [5.74, 6) is -5.62. The zero-order valence-corrected chi connectivity index (χ0v) is 19.1. The second-order valence-corrected chi connectivity index (χ2v) is 8.23. The Bertz CT molecular complexity index is 1250. The molecule has 196 valence electrons. The number of carboxylic acid groups (broad SMARTS) is 1. The highest BCUT2D eigenvalue weighted by Gasteiger charge is 2.58. The number of phenols is 4. The summed E-state index contributed by atoms with van der Waals surface area (Å²) >= 11 is 0. The first-order chi connectivity index (χ1) is 17.4. The summed E-state index contributed by atoms with van der Waals surface area (Å²) in [5, 5.41) is 68.5. The van der Waals surface area contributed by atoms with Gasteiger partial charge in [0.2, 0.25) is 5.60 Å². The smallest absolute Gasteiger partial charge is 0.351 e. The first kappa shape index (κ1) is 27.0. The van der Waals surface area contributed by atoms with Crippen molar-refractivity contribution in [2.24, 2.45) is 0 Å². The predicted molar refractivity (Wildman–Crippen MR) is 125 cm³/mol. The highest BCUT2D eigenvalue weighted by atomic mass is 16.6. The lowest BCUT2D eigenvalue weighted by Crippen LogP contribution is -2.64. The summed E-state index contributed by atoms with van der Waals surface area (Å²) in [5.41, 5.74) is -1.97. The number of aromatic hydroxyl groups is 4. The van der Waals surface area contributed by atoms with Crippen LogP contribution in [0.1, 0.15) is 24.0 Å². The zero-order valence-electron chi connectivity index (χ0n) is 19.1. The van der Waals surface area contributed by atoms with E-state index in [2.05, 4.69) is 0 Å². The SMILES string of the molecule is O=C(C=Cc1ccc(O)c(O)c1)OC1C(O)CCC(OC(=O)C=Cc2ccc(O)c(O)c2)(C(=O)O)C1O. The average molecular weight is 516 g/mol. The van der Waals surface area contributed by atoms with Crippen LogP contribution < -0.4 is 0 Å². The Morgan fingerprint density at radius 3 is 1.81 bits per heavy atom. The van der Waals surface area contributed by atoms with Gasteiger partial charge < -0.3 is 45.2 Å². The van der Waals surface area contributed by atoms with Gasteiger partial charge in [-0.15, -0.1) is 0 Å². The Morgan fingerprint density at radius 1 is 0.811 bits per heavy atom. The van der Waals surface area contributed by atoms with Gasteiger partial charge in [0, 0.05) is 18.6 Å². The monoisotopic (exact) mass is 516 g/mol. The standard InChI is InChI=1S/C25H24O12/c26-15-5-1-13(11-18(15)29)3-7-20(31)36-22-17(28)9-10-25(23(22)33,24(34)35)37-21(32)8-4-14-2-6-16(27)19(30)12-14/h1-8,11-12,17,22-23,26-30,33H,9-10H2,(H,34,35). The minimum atomic E-state index is -2.55. The summed E-state index contributed by atoms with van der Waals surface area (Å²) in [4.78, 5) is 36.8. The molecular formula is C25H24O12. The van der Waals surface area contributed by atoms with E-state index >= 15 is 0 Å². The van der Waals surface area contributed by atoms with Gasteiger partial charge in [-0.25, -0.2) is 14.4 Å². The fourth-order valence-corrected chi connectivity index (χ4v) is 3.69. The summed E-state index contributed by atoms with van der Waals surface area (Å²) in [6.07, 6.45) is -2.04. The molecule has 12 heteroatoms. The lowest BCUT2D eigenvalue weighted by Gasteiger charge is -2.42. The molecule has 12 nitrogen and oxygen atoms in total. The molecule has 3 rings (SSSR count). The molecule has 0 aliphatic heterocycles. The van der Waals surface area contributed by atoms with E-state index in [1.807, 2.05) is 0 Å². The van der Waals surface area contributed by atoms with Gasteiger partial charge in [-0.05, 0) is 54.0 Å². The Kier molecular flexibility index (Phi) is 8.05. The Balaban J connectivity index is 1.74. The van der Waals surface area contributed by atoms with Crippen LogP contribution in [-0.2, 0) is 23.9 Å². The van der Waals surface area contributed by atoms with Crippen LogP contribution in [0.5, 0.6) is 23.0 Å². The lowest BCUT2D eigenvalue weighted by atomic mass is 9.78. The molecule has 2 aromatic carbocycles. The van der Waals surface area contributed by atoms with Gasteiger partial charge in [-0.3, -0.25) is 0 Å². The fraction of sp³-hybridized carbons (Fsp3) is 0.240. The number of carbonyl (C=O) groups is 3. The van der Waals surface area contributed by atoms with Crippen molar-refractivity contribution in [3.05, 3.63) is 59.7 Å². The van der Waals surface area contributed by atoms with Crippen molar-refractivity contribution in [2.45, 2.75) is 36.8 Å². The lowest BCUT2D eigenvalue weighted by molar-refractivity contribution is -0.224. The van der Waals surface area contributed by atoms with E-state index in [9.17, 15) is 50.1 Å². The van der Waals surface area contributed by atoms with Crippen molar-refractivity contribution in [1.29, 1.82) is 0 Å². The molecule has 1 fully saturated rings.